The van der Waals surface area contributed by atoms with Gasteiger partial charge in [0.25, 0.3) is 0 Å². The van der Waals surface area contributed by atoms with Crippen LogP contribution in [0, 0.1) is 0 Å². The minimum Gasteiger partial charge on any atom is -0.496 e. The Hall–Kier alpha value is -2.94. The van der Waals surface area contributed by atoms with Crippen molar-refractivity contribution >= 4 is 22.3 Å². The quantitative estimate of drug-likeness (QED) is 0.405. The van der Waals surface area contributed by atoms with E-state index in [0.29, 0.717) is 19.3 Å². The molecule has 0 bridgehead atoms. The van der Waals surface area contributed by atoms with Gasteiger partial charge in [-0.25, -0.2) is 0 Å². The molecule has 3 aromatic rings. The second-order valence-corrected chi connectivity index (χ2v) is 10.1. The largest absolute Gasteiger partial charge is 0.496 e. The fourth-order valence-corrected chi connectivity index (χ4v) is 5.86. The standard InChI is InChI=1S/C30H32O3/c1-30(15-4-3-5-16-30)25-19-23(13-14-28(25)33-2)21-9-10-22-18-24(12-11-20(22)17-21)29-26(31)7-6-8-27(29)32/h9-14,17-19,29H,3-8,15-16H2,1-2H3. The summed E-state index contributed by atoms with van der Waals surface area (Å²) in [7, 11) is 1.76. The third-order valence-electron chi connectivity index (χ3n) is 7.83. The highest BCUT2D eigenvalue weighted by molar-refractivity contribution is 6.10. The molecule has 0 radical (unpaired) electrons. The summed E-state index contributed by atoms with van der Waals surface area (Å²) in [6.45, 7) is 2.38. The van der Waals surface area contributed by atoms with Gasteiger partial charge in [0.05, 0.1) is 7.11 Å². The molecular weight excluding hydrogens is 408 g/mol. The smallest absolute Gasteiger partial charge is 0.147 e. The van der Waals surface area contributed by atoms with Gasteiger partial charge in [0.15, 0.2) is 0 Å². The van der Waals surface area contributed by atoms with E-state index in [4.69, 9.17) is 4.74 Å². The van der Waals surface area contributed by atoms with Crippen molar-refractivity contribution in [2.75, 3.05) is 7.11 Å². The van der Waals surface area contributed by atoms with Gasteiger partial charge < -0.3 is 4.74 Å². The van der Waals surface area contributed by atoms with Crippen LogP contribution in [0.3, 0.4) is 0 Å². The van der Waals surface area contributed by atoms with E-state index in [0.717, 1.165) is 22.1 Å². The summed E-state index contributed by atoms with van der Waals surface area (Å²) < 4.78 is 5.76. The maximum Gasteiger partial charge on any atom is 0.147 e. The van der Waals surface area contributed by atoms with Crippen LogP contribution in [0.15, 0.2) is 54.6 Å². The van der Waals surface area contributed by atoms with Gasteiger partial charge in [0.2, 0.25) is 0 Å². The van der Waals surface area contributed by atoms with Crippen LogP contribution in [-0.2, 0) is 15.0 Å². The number of Topliss-reactive ketones (excluding diaryl/α,β-unsaturated/α-hetero) is 2. The molecule has 33 heavy (non-hydrogen) atoms. The summed E-state index contributed by atoms with van der Waals surface area (Å²) in [6.07, 6.45) is 7.97. The van der Waals surface area contributed by atoms with E-state index in [1.54, 1.807) is 7.11 Å². The first-order valence-corrected chi connectivity index (χ1v) is 12.3. The molecule has 3 nitrogen and oxygen atoms in total. The molecule has 0 aliphatic heterocycles. The van der Waals surface area contributed by atoms with Crippen LogP contribution in [-0.4, -0.2) is 18.7 Å². The van der Waals surface area contributed by atoms with E-state index in [9.17, 15) is 9.59 Å². The lowest BCUT2D eigenvalue weighted by Crippen LogP contribution is -2.26. The molecule has 0 aromatic heterocycles. The number of hydrogen-bond donors (Lipinski definition) is 0. The molecule has 0 saturated heterocycles. The van der Waals surface area contributed by atoms with Crippen LogP contribution in [0.1, 0.15) is 75.3 Å². The Balaban J connectivity index is 1.51. The molecule has 3 aromatic carbocycles. The van der Waals surface area contributed by atoms with Crippen molar-refractivity contribution in [1.82, 2.24) is 0 Å². The zero-order chi connectivity index (χ0) is 23.0. The van der Waals surface area contributed by atoms with E-state index in [1.165, 1.54) is 48.8 Å². The highest BCUT2D eigenvalue weighted by Crippen LogP contribution is 2.44. The first kappa shape index (κ1) is 21.9. The third kappa shape index (κ3) is 4.10. The van der Waals surface area contributed by atoms with Gasteiger partial charge in [0.1, 0.15) is 23.2 Å². The van der Waals surface area contributed by atoms with E-state index in [1.807, 2.05) is 12.1 Å². The number of rotatable bonds is 4. The number of benzene rings is 3. The van der Waals surface area contributed by atoms with Gasteiger partial charge >= 0.3 is 0 Å². The van der Waals surface area contributed by atoms with E-state index < -0.39 is 5.92 Å². The lowest BCUT2D eigenvalue weighted by molar-refractivity contribution is -0.131. The Morgan fingerprint density at radius 2 is 1.39 bits per heavy atom. The van der Waals surface area contributed by atoms with Gasteiger partial charge in [-0.1, -0.05) is 56.5 Å². The number of methoxy groups -OCH3 is 1. The van der Waals surface area contributed by atoms with Crippen LogP contribution in [0.25, 0.3) is 21.9 Å². The third-order valence-corrected chi connectivity index (χ3v) is 7.83. The summed E-state index contributed by atoms with van der Waals surface area (Å²) in [5, 5.41) is 2.18. The van der Waals surface area contributed by atoms with Crippen LogP contribution in [0.2, 0.25) is 0 Å². The molecule has 0 atom stereocenters. The number of carbonyl (C=O) groups is 2. The fraction of sp³-hybridized carbons (Fsp3) is 0.400. The topological polar surface area (TPSA) is 43.4 Å². The Morgan fingerprint density at radius 1 is 0.758 bits per heavy atom. The number of carbonyl (C=O) groups excluding carboxylic acids is 2. The first-order valence-electron chi connectivity index (χ1n) is 12.3. The molecule has 170 valence electrons. The second-order valence-electron chi connectivity index (χ2n) is 10.1. The van der Waals surface area contributed by atoms with Gasteiger partial charge in [-0.05, 0) is 76.4 Å². The molecule has 0 N–H and O–H groups in total. The average molecular weight is 441 g/mol. The van der Waals surface area contributed by atoms with Crippen molar-refractivity contribution < 1.29 is 14.3 Å². The molecule has 0 heterocycles. The highest BCUT2D eigenvalue weighted by atomic mass is 16.5. The average Bonchev–Trinajstić information content (AvgIpc) is 2.83. The van der Waals surface area contributed by atoms with Crippen LogP contribution in [0.4, 0.5) is 0 Å². The lowest BCUT2D eigenvalue weighted by Gasteiger charge is -2.35. The zero-order valence-electron chi connectivity index (χ0n) is 19.7. The molecule has 0 spiro atoms. The Bertz CT molecular complexity index is 1200. The van der Waals surface area contributed by atoms with Gasteiger partial charge in [-0.3, -0.25) is 9.59 Å². The molecule has 0 unspecified atom stereocenters. The number of ether oxygens (including phenoxy) is 1. The monoisotopic (exact) mass is 440 g/mol. The Morgan fingerprint density at radius 3 is 2.12 bits per heavy atom. The molecule has 2 aliphatic carbocycles. The summed E-state index contributed by atoms with van der Waals surface area (Å²) >= 11 is 0. The SMILES string of the molecule is COc1ccc(-c2ccc3cc(C4C(=O)CCCC4=O)ccc3c2)cc1C1(C)CCCCC1. The Labute approximate surface area is 196 Å². The predicted octanol–water partition coefficient (Wildman–Crippen LogP) is 7.14. The molecule has 2 aliphatic rings. The van der Waals surface area contributed by atoms with Crippen molar-refractivity contribution in [2.24, 2.45) is 0 Å². The van der Waals surface area contributed by atoms with Gasteiger partial charge in [-0.15, -0.1) is 0 Å². The Kier molecular flexibility index (Phi) is 5.82. The van der Waals surface area contributed by atoms with Crippen molar-refractivity contribution in [2.45, 2.75) is 69.6 Å². The van der Waals surface area contributed by atoms with E-state index >= 15 is 0 Å². The van der Waals surface area contributed by atoms with Crippen LogP contribution >= 0.6 is 0 Å². The maximum atomic E-state index is 12.4. The van der Waals surface area contributed by atoms with Gasteiger partial charge in [0, 0.05) is 18.4 Å². The molecular formula is C30H32O3. The normalized spacial score (nSPS) is 19.1. The molecule has 3 heteroatoms. The summed E-state index contributed by atoms with van der Waals surface area (Å²) in [4.78, 5) is 24.8. The highest BCUT2D eigenvalue weighted by Gasteiger charge is 2.32. The lowest BCUT2D eigenvalue weighted by atomic mass is 9.70. The molecule has 5 rings (SSSR count). The molecule has 0 amide bonds. The molecule has 2 fully saturated rings. The summed E-state index contributed by atoms with van der Waals surface area (Å²) in [5.41, 5.74) is 4.67. The zero-order valence-corrected chi connectivity index (χ0v) is 19.7. The number of hydrogen-bond acceptors (Lipinski definition) is 3. The fourth-order valence-electron chi connectivity index (χ4n) is 5.86. The predicted molar refractivity (Wildman–Crippen MR) is 133 cm³/mol. The van der Waals surface area contributed by atoms with Crippen molar-refractivity contribution in [3.05, 3.63) is 65.7 Å². The first-order chi connectivity index (χ1) is 16.0. The summed E-state index contributed by atoms with van der Waals surface area (Å²) in [6, 6.07) is 19.1. The van der Waals surface area contributed by atoms with E-state index in [-0.39, 0.29) is 17.0 Å². The number of fused-ring (bicyclic) bond motifs is 1. The minimum absolute atomic E-state index is 0.0594. The van der Waals surface area contributed by atoms with Gasteiger partial charge in [-0.2, -0.15) is 0 Å². The van der Waals surface area contributed by atoms with Crippen LogP contribution < -0.4 is 4.74 Å². The molecule has 2 saturated carbocycles. The number of ketones is 2. The second kappa shape index (κ2) is 8.78. The minimum atomic E-state index is -0.580. The summed E-state index contributed by atoms with van der Waals surface area (Å²) in [5.74, 6) is 0.520. The van der Waals surface area contributed by atoms with Crippen molar-refractivity contribution in [3.63, 3.8) is 0 Å². The van der Waals surface area contributed by atoms with Crippen LogP contribution in [0.5, 0.6) is 5.75 Å². The van der Waals surface area contributed by atoms with Crippen molar-refractivity contribution in [3.8, 4) is 16.9 Å². The maximum absolute atomic E-state index is 12.4. The van der Waals surface area contributed by atoms with E-state index in [2.05, 4.69) is 49.4 Å². The van der Waals surface area contributed by atoms with Crippen molar-refractivity contribution in [1.29, 1.82) is 0 Å².